The Morgan fingerprint density at radius 2 is 1.72 bits per heavy atom. The molecule has 0 bridgehead atoms. The number of nitrogens with zero attached hydrogens (tertiary/aromatic N) is 1. The van der Waals surface area contributed by atoms with Crippen molar-refractivity contribution in [2.75, 3.05) is 6.54 Å². The van der Waals surface area contributed by atoms with Crippen molar-refractivity contribution in [2.24, 2.45) is 11.8 Å². The molecule has 3 aromatic carbocycles. The molecule has 1 fully saturated rings. The third kappa shape index (κ3) is 4.64. The lowest BCUT2D eigenvalue weighted by Gasteiger charge is -2.44. The zero-order valence-corrected chi connectivity index (χ0v) is 21.5. The molecule has 2 unspecified atom stereocenters. The molecule has 0 saturated heterocycles. The summed E-state index contributed by atoms with van der Waals surface area (Å²) in [7, 11) is 0. The van der Waals surface area contributed by atoms with Crippen LogP contribution in [0.4, 0.5) is 0 Å². The lowest BCUT2D eigenvalue weighted by Crippen LogP contribution is -2.49. The van der Waals surface area contributed by atoms with E-state index in [4.69, 9.17) is 14.0 Å². The Morgan fingerprint density at radius 1 is 1.05 bits per heavy atom. The highest BCUT2D eigenvalue weighted by Gasteiger charge is 2.51. The van der Waals surface area contributed by atoms with Crippen LogP contribution in [-0.2, 0) is 21.7 Å². The van der Waals surface area contributed by atoms with Crippen molar-refractivity contribution in [3.8, 4) is 22.8 Å². The molecule has 4 aromatic rings. The Kier molecular flexibility index (Phi) is 6.77. The quantitative estimate of drug-likeness (QED) is 0.168. The summed E-state index contributed by atoms with van der Waals surface area (Å²) in [6.45, 7) is 5.25. The van der Waals surface area contributed by atoms with Crippen LogP contribution in [0.25, 0.3) is 11.3 Å². The lowest BCUT2D eigenvalue weighted by atomic mass is 9.69. The van der Waals surface area contributed by atoms with Crippen molar-refractivity contribution in [3.05, 3.63) is 114 Å². The standard InChI is InChI=1S/C32H30N2O5/c1-2-21-18-30(24(21)16-17-33-20-23-19-29(39-34-23)22-10-4-3-5-11-22)38-31(35)32(36)25-12-6-8-14-27(25)37-28-15-9-7-13-26(28)32/h2-15,19,21,24,30,33,36H,1,16-18,20H2/t21?,24?,30-/m0/s1. The van der Waals surface area contributed by atoms with E-state index in [2.05, 4.69) is 17.1 Å². The fraction of sp³-hybridized carbons (Fsp3) is 0.250. The monoisotopic (exact) mass is 522 g/mol. The van der Waals surface area contributed by atoms with Crippen LogP contribution in [0.3, 0.4) is 0 Å². The van der Waals surface area contributed by atoms with E-state index in [0.717, 1.165) is 23.4 Å². The number of aliphatic hydroxyl groups is 1. The first-order valence-corrected chi connectivity index (χ1v) is 13.2. The molecule has 3 atom stereocenters. The molecule has 0 spiro atoms. The first kappa shape index (κ1) is 25.1. The molecular weight excluding hydrogens is 492 g/mol. The molecule has 7 heteroatoms. The second-order valence-electron chi connectivity index (χ2n) is 10.1. The number of allylic oxidation sites excluding steroid dienone is 1. The number of carbonyl (C=O) groups is 1. The third-order valence-electron chi connectivity index (χ3n) is 7.74. The highest BCUT2D eigenvalue weighted by Crippen LogP contribution is 2.48. The Balaban J connectivity index is 1.10. The summed E-state index contributed by atoms with van der Waals surface area (Å²) in [6, 6.07) is 25.9. The number of benzene rings is 3. The molecule has 1 aromatic heterocycles. The predicted octanol–water partition coefficient (Wildman–Crippen LogP) is 5.60. The van der Waals surface area contributed by atoms with Crippen LogP contribution in [0.1, 0.15) is 29.7 Å². The Hall–Kier alpha value is -4.20. The molecule has 0 radical (unpaired) electrons. The van der Waals surface area contributed by atoms with Gasteiger partial charge in [-0.25, -0.2) is 4.79 Å². The molecule has 2 aliphatic rings. The Bertz CT molecular complexity index is 1440. The molecule has 1 aliphatic carbocycles. The van der Waals surface area contributed by atoms with Crippen molar-refractivity contribution >= 4 is 5.97 Å². The van der Waals surface area contributed by atoms with Crippen LogP contribution in [0.15, 0.2) is 102 Å². The van der Waals surface area contributed by atoms with Crippen LogP contribution < -0.4 is 10.1 Å². The molecule has 0 amide bonds. The summed E-state index contributed by atoms with van der Waals surface area (Å²) in [4.78, 5) is 13.6. The number of aromatic nitrogens is 1. The zero-order valence-electron chi connectivity index (χ0n) is 21.5. The number of carbonyl (C=O) groups excluding carboxylic acids is 1. The number of rotatable bonds is 9. The largest absolute Gasteiger partial charge is 0.459 e. The van der Waals surface area contributed by atoms with Crippen LogP contribution in [0, 0.1) is 11.8 Å². The SMILES string of the molecule is C=CC1C[C@H](OC(=O)C2(O)c3ccccc3Oc3ccccc32)C1CCNCc1cc(-c2ccccc2)on1. The molecule has 39 heavy (non-hydrogen) atoms. The van der Waals surface area contributed by atoms with Crippen molar-refractivity contribution in [1.29, 1.82) is 0 Å². The minimum atomic E-state index is -1.95. The van der Waals surface area contributed by atoms with Crippen LogP contribution in [0.5, 0.6) is 11.5 Å². The summed E-state index contributed by atoms with van der Waals surface area (Å²) in [5, 5.41) is 19.4. The van der Waals surface area contributed by atoms with E-state index in [1.165, 1.54) is 0 Å². The number of nitrogens with one attached hydrogen (secondary N) is 1. The van der Waals surface area contributed by atoms with Gasteiger partial charge in [0.15, 0.2) is 5.76 Å². The van der Waals surface area contributed by atoms with E-state index in [-0.39, 0.29) is 17.9 Å². The average molecular weight is 523 g/mol. The maximum Gasteiger partial charge on any atom is 0.348 e. The van der Waals surface area contributed by atoms with E-state index >= 15 is 0 Å². The maximum absolute atomic E-state index is 13.6. The van der Waals surface area contributed by atoms with Gasteiger partial charge in [-0.3, -0.25) is 0 Å². The van der Waals surface area contributed by atoms with Gasteiger partial charge < -0.3 is 24.4 Å². The highest BCUT2D eigenvalue weighted by atomic mass is 16.6. The second-order valence-corrected chi connectivity index (χ2v) is 10.1. The number of hydrogen-bond acceptors (Lipinski definition) is 7. The van der Waals surface area contributed by atoms with Gasteiger partial charge in [-0.1, -0.05) is 78.0 Å². The average Bonchev–Trinajstić information content (AvgIpc) is 3.44. The number of ether oxygens (including phenoxy) is 2. The molecule has 1 saturated carbocycles. The van der Waals surface area contributed by atoms with Crippen LogP contribution in [-0.4, -0.2) is 28.9 Å². The van der Waals surface area contributed by atoms with Gasteiger partial charge in [0.25, 0.3) is 0 Å². The minimum absolute atomic E-state index is 0.102. The van der Waals surface area contributed by atoms with E-state index < -0.39 is 11.6 Å². The summed E-state index contributed by atoms with van der Waals surface area (Å²) in [5.74, 6) is 1.27. The van der Waals surface area contributed by atoms with Gasteiger partial charge in [0, 0.05) is 35.2 Å². The van der Waals surface area contributed by atoms with Crippen LogP contribution in [0.2, 0.25) is 0 Å². The Labute approximate surface area is 227 Å². The molecule has 2 heterocycles. The van der Waals surface area contributed by atoms with Gasteiger partial charge in [0.1, 0.15) is 17.6 Å². The Morgan fingerprint density at radius 3 is 2.41 bits per heavy atom. The van der Waals surface area contributed by atoms with Crippen molar-refractivity contribution in [3.63, 3.8) is 0 Å². The minimum Gasteiger partial charge on any atom is -0.459 e. The summed E-state index contributed by atoms with van der Waals surface area (Å²) >= 11 is 0. The smallest absolute Gasteiger partial charge is 0.348 e. The summed E-state index contributed by atoms with van der Waals surface area (Å²) in [5.41, 5.74) is 0.630. The van der Waals surface area contributed by atoms with E-state index in [1.807, 2.05) is 54.6 Å². The van der Waals surface area contributed by atoms with Gasteiger partial charge in [-0.2, -0.15) is 0 Å². The summed E-state index contributed by atoms with van der Waals surface area (Å²) < 4.78 is 17.4. The fourth-order valence-electron chi connectivity index (χ4n) is 5.54. The fourth-order valence-corrected chi connectivity index (χ4v) is 5.54. The molecule has 1 aliphatic heterocycles. The molecular formula is C32H30N2O5. The number of hydrogen-bond donors (Lipinski definition) is 2. The van der Waals surface area contributed by atoms with Gasteiger partial charge in [-0.15, -0.1) is 6.58 Å². The molecule has 2 N–H and O–H groups in total. The lowest BCUT2D eigenvalue weighted by molar-refractivity contribution is -0.180. The van der Waals surface area contributed by atoms with E-state index in [9.17, 15) is 9.90 Å². The van der Waals surface area contributed by atoms with Gasteiger partial charge in [0.2, 0.25) is 5.60 Å². The van der Waals surface area contributed by atoms with Crippen molar-refractivity contribution < 1.29 is 23.9 Å². The normalized spacial score (nSPS) is 20.6. The van der Waals surface area contributed by atoms with Crippen LogP contribution >= 0.6 is 0 Å². The predicted molar refractivity (Wildman–Crippen MR) is 146 cm³/mol. The second kappa shape index (κ2) is 10.5. The first-order valence-electron chi connectivity index (χ1n) is 13.2. The van der Waals surface area contributed by atoms with Gasteiger partial charge >= 0.3 is 5.97 Å². The van der Waals surface area contributed by atoms with Crippen molar-refractivity contribution in [2.45, 2.75) is 31.1 Å². The van der Waals surface area contributed by atoms with Crippen molar-refractivity contribution in [1.82, 2.24) is 10.5 Å². The molecule has 198 valence electrons. The maximum atomic E-state index is 13.6. The van der Waals surface area contributed by atoms with Gasteiger partial charge in [-0.05, 0) is 37.4 Å². The van der Waals surface area contributed by atoms with E-state index in [1.54, 1.807) is 36.4 Å². The van der Waals surface area contributed by atoms with E-state index in [0.29, 0.717) is 42.1 Å². The molecule has 7 nitrogen and oxygen atoms in total. The number of esters is 1. The van der Waals surface area contributed by atoms with Gasteiger partial charge in [0.05, 0.1) is 5.69 Å². The summed E-state index contributed by atoms with van der Waals surface area (Å²) in [6.07, 6.45) is 3.07. The third-order valence-corrected chi connectivity index (χ3v) is 7.74. The highest BCUT2D eigenvalue weighted by molar-refractivity contribution is 5.88. The topological polar surface area (TPSA) is 93.8 Å². The number of para-hydroxylation sites is 2. The molecule has 6 rings (SSSR count). The number of fused-ring (bicyclic) bond motifs is 2. The zero-order chi connectivity index (χ0) is 26.8. The first-order chi connectivity index (χ1) is 19.1.